The van der Waals surface area contributed by atoms with E-state index in [9.17, 15) is 4.79 Å². The molecule has 7 nitrogen and oxygen atoms in total. The Labute approximate surface area is 226 Å². The highest BCUT2D eigenvalue weighted by Crippen LogP contribution is 2.53. The van der Waals surface area contributed by atoms with Crippen LogP contribution in [-0.4, -0.2) is 35.6 Å². The molecule has 0 bridgehead atoms. The molecule has 1 spiro atoms. The van der Waals surface area contributed by atoms with Crippen molar-refractivity contribution in [2.45, 2.75) is 39.2 Å². The summed E-state index contributed by atoms with van der Waals surface area (Å²) in [4.78, 5) is 28.4. The summed E-state index contributed by atoms with van der Waals surface area (Å²) >= 11 is 12.7. The van der Waals surface area contributed by atoms with Crippen LogP contribution in [0.4, 0.5) is 11.5 Å². The summed E-state index contributed by atoms with van der Waals surface area (Å²) < 4.78 is 5.35. The Hall–Kier alpha value is -3.18. The average molecular weight is 536 g/mol. The number of halogens is 2. The summed E-state index contributed by atoms with van der Waals surface area (Å²) in [5, 5.41) is 0.760. The van der Waals surface area contributed by atoms with Crippen molar-refractivity contribution in [2.75, 3.05) is 24.6 Å². The maximum absolute atomic E-state index is 13.0. The van der Waals surface area contributed by atoms with Crippen molar-refractivity contribution < 1.29 is 9.53 Å². The second-order valence-corrected chi connectivity index (χ2v) is 10.4. The molecule has 0 saturated carbocycles. The minimum Gasteiger partial charge on any atom is -0.461 e. The molecule has 0 amide bonds. The molecule has 37 heavy (non-hydrogen) atoms. The highest BCUT2D eigenvalue weighted by molar-refractivity contribution is 6.43. The molecule has 0 unspecified atom stereocenters. The van der Waals surface area contributed by atoms with E-state index < -0.39 is 5.97 Å². The molecule has 1 saturated heterocycles. The molecule has 2 N–H and O–H groups in total. The van der Waals surface area contributed by atoms with E-state index in [2.05, 4.69) is 15.8 Å². The first-order valence-electron chi connectivity index (χ1n) is 12.3. The Morgan fingerprint density at radius 1 is 1.22 bits per heavy atom. The Kier molecular flexibility index (Phi) is 6.84. The fraction of sp³-hybridized carbons (Fsp3) is 0.357. The van der Waals surface area contributed by atoms with Gasteiger partial charge in [0, 0.05) is 24.7 Å². The number of aromatic nitrogens is 2. The lowest BCUT2D eigenvalue weighted by Gasteiger charge is -2.43. The zero-order valence-corrected chi connectivity index (χ0v) is 22.2. The highest BCUT2D eigenvalue weighted by Gasteiger charge is 2.47. The smallest absolute Gasteiger partial charge is 0.360 e. The van der Waals surface area contributed by atoms with Crippen LogP contribution in [0.25, 0.3) is 16.1 Å². The van der Waals surface area contributed by atoms with Gasteiger partial charge in [0.05, 0.1) is 34.6 Å². The Morgan fingerprint density at radius 2 is 1.95 bits per heavy atom. The molecular weight excluding hydrogens is 509 g/mol. The topological polar surface area (TPSA) is 85.7 Å². The number of nitrogens with zero attached hydrogens (tertiary/aromatic N) is 4. The van der Waals surface area contributed by atoms with Crippen molar-refractivity contribution in [3.8, 4) is 11.3 Å². The van der Waals surface area contributed by atoms with Crippen LogP contribution in [0, 0.1) is 18.9 Å². The van der Waals surface area contributed by atoms with Crippen LogP contribution in [0.5, 0.6) is 0 Å². The molecule has 3 aromatic rings. The Balaban J connectivity index is 1.48. The molecule has 5 rings (SSSR count). The van der Waals surface area contributed by atoms with Crippen molar-refractivity contribution in [1.29, 1.82) is 0 Å². The van der Waals surface area contributed by atoms with Crippen molar-refractivity contribution >= 4 is 40.7 Å². The number of rotatable bonds is 4. The van der Waals surface area contributed by atoms with E-state index in [4.69, 9.17) is 50.2 Å². The lowest BCUT2D eigenvalue weighted by Crippen LogP contribution is -2.45. The van der Waals surface area contributed by atoms with Crippen LogP contribution in [0.2, 0.25) is 10.0 Å². The minimum absolute atomic E-state index is 0.125. The molecule has 1 atom stereocenters. The maximum Gasteiger partial charge on any atom is 0.360 e. The summed E-state index contributed by atoms with van der Waals surface area (Å²) in [6, 6.07) is 11.0. The van der Waals surface area contributed by atoms with Gasteiger partial charge in [0.1, 0.15) is 0 Å². The van der Waals surface area contributed by atoms with E-state index in [1.807, 2.05) is 19.1 Å². The van der Waals surface area contributed by atoms with E-state index in [0.717, 1.165) is 24.8 Å². The molecule has 2 aliphatic rings. The first-order valence-corrected chi connectivity index (χ1v) is 13.0. The van der Waals surface area contributed by atoms with Gasteiger partial charge in [-0.05, 0) is 50.2 Å². The van der Waals surface area contributed by atoms with Crippen LogP contribution in [0.15, 0.2) is 36.4 Å². The number of carbonyl (C=O) groups is 1. The molecular formula is C28H27Cl2N5O2. The van der Waals surface area contributed by atoms with Gasteiger partial charge in [0.25, 0.3) is 0 Å². The molecule has 1 aliphatic carbocycles. The normalized spacial score (nSPS) is 17.9. The number of hydrogen-bond acceptors (Lipinski definition) is 6. The fourth-order valence-corrected chi connectivity index (χ4v) is 6.05. The summed E-state index contributed by atoms with van der Waals surface area (Å²) in [6.45, 7) is 12.7. The zero-order valence-electron chi connectivity index (χ0n) is 20.7. The van der Waals surface area contributed by atoms with Crippen molar-refractivity contribution in [3.63, 3.8) is 0 Å². The average Bonchev–Trinajstić information content (AvgIpc) is 3.17. The van der Waals surface area contributed by atoms with Crippen LogP contribution < -0.4 is 10.6 Å². The van der Waals surface area contributed by atoms with Gasteiger partial charge in [0.2, 0.25) is 0 Å². The monoisotopic (exact) mass is 535 g/mol. The van der Waals surface area contributed by atoms with Gasteiger partial charge < -0.3 is 15.4 Å². The van der Waals surface area contributed by atoms with Gasteiger partial charge in [-0.1, -0.05) is 59.1 Å². The number of nitrogens with two attached hydrogens (primary N) is 1. The molecule has 2 heterocycles. The van der Waals surface area contributed by atoms with Crippen molar-refractivity contribution in [3.05, 3.63) is 80.4 Å². The predicted octanol–water partition coefficient (Wildman–Crippen LogP) is 6.33. The number of anilines is 1. The van der Waals surface area contributed by atoms with Gasteiger partial charge >= 0.3 is 5.97 Å². The van der Waals surface area contributed by atoms with Crippen LogP contribution in [0.1, 0.15) is 53.1 Å². The van der Waals surface area contributed by atoms with Gasteiger partial charge in [-0.2, -0.15) is 0 Å². The first-order chi connectivity index (χ1) is 17.8. The zero-order chi connectivity index (χ0) is 26.3. The summed E-state index contributed by atoms with van der Waals surface area (Å²) in [7, 11) is 0. The number of aryl methyl sites for hydroxylation is 1. The SMILES string of the molecule is [C-]#[N+]c1cccc2c1[C@@H](N)C1(CCN(c3nc(C)c(-c4cccc(Cl)c4Cl)nc3C(=O)OCC)CC1)C2. The number of carbonyl (C=O) groups excluding carboxylic acids is 1. The van der Waals surface area contributed by atoms with Gasteiger partial charge in [-0.25, -0.2) is 19.6 Å². The number of benzene rings is 2. The van der Waals surface area contributed by atoms with E-state index in [1.165, 1.54) is 5.56 Å². The van der Waals surface area contributed by atoms with Crippen LogP contribution in [0.3, 0.4) is 0 Å². The predicted molar refractivity (Wildman–Crippen MR) is 145 cm³/mol. The Morgan fingerprint density at radius 3 is 2.65 bits per heavy atom. The number of piperidine rings is 1. The lowest BCUT2D eigenvalue weighted by atomic mass is 9.73. The molecule has 0 radical (unpaired) electrons. The fourth-order valence-electron chi connectivity index (χ4n) is 5.66. The summed E-state index contributed by atoms with van der Waals surface area (Å²) in [6.07, 6.45) is 2.47. The first kappa shape index (κ1) is 25.5. The van der Waals surface area contributed by atoms with E-state index in [1.54, 1.807) is 25.1 Å². The van der Waals surface area contributed by atoms with Crippen molar-refractivity contribution in [2.24, 2.45) is 11.1 Å². The molecule has 1 fully saturated rings. The largest absolute Gasteiger partial charge is 0.461 e. The number of hydrogen-bond donors (Lipinski definition) is 1. The number of fused-ring (bicyclic) bond motifs is 1. The van der Waals surface area contributed by atoms with Crippen molar-refractivity contribution in [1.82, 2.24) is 9.97 Å². The van der Waals surface area contributed by atoms with Crippen LogP contribution in [-0.2, 0) is 11.2 Å². The third-order valence-corrected chi connectivity index (χ3v) is 8.41. The van der Waals surface area contributed by atoms with E-state index >= 15 is 0 Å². The second kappa shape index (κ2) is 9.94. The molecule has 1 aliphatic heterocycles. The highest BCUT2D eigenvalue weighted by atomic mass is 35.5. The quantitative estimate of drug-likeness (QED) is 0.310. The third-order valence-electron chi connectivity index (χ3n) is 7.59. The maximum atomic E-state index is 13.0. The number of ether oxygens (including phenoxy) is 1. The van der Waals surface area contributed by atoms with Gasteiger partial charge in [-0.3, -0.25) is 0 Å². The Bertz CT molecular complexity index is 1430. The molecule has 190 valence electrons. The van der Waals surface area contributed by atoms with Gasteiger partial charge in [0.15, 0.2) is 17.2 Å². The summed E-state index contributed by atoms with van der Waals surface area (Å²) in [5.41, 5.74) is 11.3. The minimum atomic E-state index is -0.531. The molecule has 2 aromatic carbocycles. The molecule has 1 aromatic heterocycles. The lowest BCUT2D eigenvalue weighted by molar-refractivity contribution is 0.0519. The summed E-state index contributed by atoms with van der Waals surface area (Å²) in [5.74, 6) is -0.0324. The van der Waals surface area contributed by atoms with Crippen LogP contribution >= 0.6 is 23.2 Å². The second-order valence-electron chi connectivity index (χ2n) is 9.62. The molecule has 9 heteroatoms. The van der Waals surface area contributed by atoms with Gasteiger partial charge in [-0.15, -0.1) is 0 Å². The third kappa shape index (κ3) is 4.33. The van der Waals surface area contributed by atoms with E-state index in [0.29, 0.717) is 51.6 Å². The standard InChI is InChI=1S/C28H27Cl2N5O2/c1-4-37-27(36)24-26(33-16(2)23(34-24)18-8-6-9-19(29)22(18)30)35-13-11-28(12-14-35)15-17-7-5-10-20(32-3)21(17)25(28)31/h5-10,25H,4,11-15,31H2,1-2H3/t25-/m1/s1. The number of esters is 1. The van der Waals surface area contributed by atoms with E-state index in [-0.39, 0.29) is 23.8 Å².